The zero-order valence-electron chi connectivity index (χ0n) is 14.1. The maximum atomic E-state index is 12.7. The van der Waals surface area contributed by atoms with Crippen molar-refractivity contribution in [2.24, 2.45) is 5.92 Å². The standard InChI is InChI=1S/C20H22N2O2/c1-3-12-11-22-9-8-20-14-6-4-5-7-15(14)21-18(20)17(19(23)24-2)13(12)10-16(20)22/h3-7,13,16,21H,8-11H2,1-2H3/b12-3-/t13-,16-,20+/m1/s1. The van der Waals surface area contributed by atoms with E-state index in [1.165, 1.54) is 18.2 Å². The van der Waals surface area contributed by atoms with E-state index < -0.39 is 0 Å². The summed E-state index contributed by atoms with van der Waals surface area (Å²) in [5.41, 5.74) is 5.78. The number of methoxy groups -OCH3 is 1. The highest BCUT2D eigenvalue weighted by molar-refractivity contribution is 5.94. The molecule has 0 saturated carbocycles. The Kier molecular flexibility index (Phi) is 2.82. The zero-order chi connectivity index (χ0) is 16.5. The van der Waals surface area contributed by atoms with Gasteiger partial charge in [0.2, 0.25) is 0 Å². The number of piperidine rings is 1. The molecule has 124 valence electrons. The van der Waals surface area contributed by atoms with Crippen molar-refractivity contribution in [2.75, 3.05) is 25.5 Å². The van der Waals surface area contributed by atoms with Crippen molar-refractivity contribution in [2.45, 2.75) is 31.2 Å². The fourth-order valence-electron chi connectivity index (χ4n) is 5.61. The molecule has 2 bridgehead atoms. The van der Waals surface area contributed by atoms with E-state index in [0.29, 0.717) is 6.04 Å². The third-order valence-electron chi connectivity index (χ3n) is 6.60. The molecule has 0 radical (unpaired) electrons. The quantitative estimate of drug-likeness (QED) is 0.638. The highest BCUT2D eigenvalue weighted by Crippen LogP contribution is 2.61. The molecule has 4 nitrogen and oxygen atoms in total. The van der Waals surface area contributed by atoms with Gasteiger partial charge in [-0.3, -0.25) is 4.90 Å². The van der Waals surface area contributed by atoms with Crippen molar-refractivity contribution in [3.05, 3.63) is 52.7 Å². The van der Waals surface area contributed by atoms with Gasteiger partial charge in [0.05, 0.1) is 18.1 Å². The van der Waals surface area contributed by atoms with Gasteiger partial charge in [-0.05, 0) is 31.4 Å². The molecule has 2 saturated heterocycles. The summed E-state index contributed by atoms with van der Waals surface area (Å²) in [5.74, 6) is 0.0135. The molecule has 5 rings (SSSR count). The zero-order valence-corrected chi connectivity index (χ0v) is 14.1. The summed E-state index contributed by atoms with van der Waals surface area (Å²) in [6.45, 7) is 4.15. The summed E-state index contributed by atoms with van der Waals surface area (Å²) in [5, 5.41) is 3.62. The van der Waals surface area contributed by atoms with Gasteiger partial charge in [0.25, 0.3) is 0 Å². The molecule has 0 aromatic heterocycles. The highest BCUT2D eigenvalue weighted by Gasteiger charge is 2.62. The van der Waals surface area contributed by atoms with Crippen LogP contribution in [0.4, 0.5) is 5.69 Å². The first-order valence-electron chi connectivity index (χ1n) is 8.79. The lowest BCUT2D eigenvalue weighted by atomic mass is 9.62. The van der Waals surface area contributed by atoms with Crippen molar-refractivity contribution < 1.29 is 9.53 Å². The van der Waals surface area contributed by atoms with E-state index in [9.17, 15) is 4.79 Å². The Morgan fingerprint density at radius 3 is 3.04 bits per heavy atom. The van der Waals surface area contributed by atoms with Crippen LogP contribution in [-0.2, 0) is 14.9 Å². The number of esters is 1. The average Bonchev–Trinajstić information content (AvgIpc) is 3.17. The van der Waals surface area contributed by atoms with Crippen LogP contribution in [0.1, 0.15) is 25.3 Å². The number of carbonyl (C=O) groups is 1. The van der Waals surface area contributed by atoms with E-state index in [0.717, 1.165) is 42.9 Å². The molecule has 2 fully saturated rings. The minimum atomic E-state index is -0.173. The first-order valence-corrected chi connectivity index (χ1v) is 8.79. The number of ether oxygens (including phenoxy) is 1. The molecule has 4 aliphatic rings. The molecule has 3 aliphatic heterocycles. The van der Waals surface area contributed by atoms with Crippen LogP contribution in [0.2, 0.25) is 0 Å². The van der Waals surface area contributed by atoms with E-state index in [2.05, 4.69) is 47.5 Å². The maximum Gasteiger partial charge on any atom is 0.336 e. The van der Waals surface area contributed by atoms with Crippen LogP contribution in [0.15, 0.2) is 47.2 Å². The Balaban J connectivity index is 1.82. The predicted octanol–water partition coefficient (Wildman–Crippen LogP) is 2.83. The molecule has 1 spiro atoms. The second-order valence-corrected chi connectivity index (χ2v) is 7.31. The Morgan fingerprint density at radius 2 is 2.25 bits per heavy atom. The molecule has 1 N–H and O–H groups in total. The van der Waals surface area contributed by atoms with Gasteiger partial charge in [-0.1, -0.05) is 29.8 Å². The van der Waals surface area contributed by atoms with E-state index in [1.54, 1.807) is 0 Å². The number of hydrogen-bond donors (Lipinski definition) is 1. The van der Waals surface area contributed by atoms with Crippen molar-refractivity contribution in [3.63, 3.8) is 0 Å². The van der Waals surface area contributed by atoms with Crippen molar-refractivity contribution >= 4 is 11.7 Å². The van der Waals surface area contributed by atoms with E-state index >= 15 is 0 Å². The third-order valence-corrected chi connectivity index (χ3v) is 6.60. The summed E-state index contributed by atoms with van der Waals surface area (Å²) in [6, 6.07) is 9.03. The van der Waals surface area contributed by atoms with Gasteiger partial charge in [-0.2, -0.15) is 0 Å². The minimum absolute atomic E-state index is 0.0596. The lowest BCUT2D eigenvalue weighted by Crippen LogP contribution is -2.53. The number of para-hydroxylation sites is 1. The molecule has 0 amide bonds. The number of benzene rings is 1. The fourth-order valence-corrected chi connectivity index (χ4v) is 5.61. The van der Waals surface area contributed by atoms with Gasteiger partial charge in [0.15, 0.2) is 0 Å². The maximum absolute atomic E-state index is 12.7. The molecular weight excluding hydrogens is 300 g/mol. The van der Waals surface area contributed by atoms with Crippen LogP contribution in [-0.4, -0.2) is 37.1 Å². The second-order valence-electron chi connectivity index (χ2n) is 7.31. The third kappa shape index (κ3) is 1.50. The first-order chi connectivity index (χ1) is 11.7. The number of fused-ring (bicyclic) bond motifs is 2. The molecule has 4 heteroatoms. The largest absolute Gasteiger partial charge is 0.466 e. The van der Waals surface area contributed by atoms with Crippen LogP contribution in [0, 0.1) is 5.92 Å². The summed E-state index contributed by atoms with van der Waals surface area (Å²) >= 11 is 0. The van der Waals surface area contributed by atoms with Crippen molar-refractivity contribution in [3.8, 4) is 0 Å². The average molecular weight is 322 g/mol. The summed E-state index contributed by atoms with van der Waals surface area (Å²) in [4.78, 5) is 15.3. The normalized spacial score (nSPS) is 34.8. The van der Waals surface area contributed by atoms with Crippen LogP contribution < -0.4 is 5.32 Å². The molecule has 1 aromatic carbocycles. The second kappa shape index (κ2) is 4.73. The van der Waals surface area contributed by atoms with Crippen LogP contribution in [0.5, 0.6) is 0 Å². The molecule has 1 aromatic rings. The summed E-state index contributed by atoms with van der Waals surface area (Å²) in [6.07, 6.45) is 4.28. The number of nitrogens with one attached hydrogen (secondary N) is 1. The number of rotatable bonds is 1. The number of nitrogens with zero attached hydrogens (tertiary/aromatic N) is 1. The highest BCUT2D eigenvalue weighted by atomic mass is 16.5. The molecule has 24 heavy (non-hydrogen) atoms. The van der Waals surface area contributed by atoms with Crippen LogP contribution in [0.3, 0.4) is 0 Å². The van der Waals surface area contributed by atoms with Gasteiger partial charge in [0, 0.05) is 36.4 Å². The number of carbonyl (C=O) groups excluding carboxylic acids is 1. The Hall–Kier alpha value is -2.07. The van der Waals surface area contributed by atoms with Crippen molar-refractivity contribution in [1.82, 2.24) is 4.90 Å². The first kappa shape index (κ1) is 14.3. The molecular formula is C20H22N2O2. The van der Waals surface area contributed by atoms with Crippen LogP contribution in [0.25, 0.3) is 0 Å². The van der Waals surface area contributed by atoms with Gasteiger partial charge >= 0.3 is 5.97 Å². The molecule has 0 unspecified atom stereocenters. The van der Waals surface area contributed by atoms with Gasteiger partial charge in [0.1, 0.15) is 0 Å². The lowest BCUT2D eigenvalue weighted by Gasteiger charge is -2.48. The van der Waals surface area contributed by atoms with Crippen LogP contribution >= 0.6 is 0 Å². The number of allylic oxidation sites excluding steroid dienone is 1. The van der Waals surface area contributed by atoms with E-state index in [-0.39, 0.29) is 17.3 Å². The fraction of sp³-hybridized carbons (Fsp3) is 0.450. The topological polar surface area (TPSA) is 41.6 Å². The van der Waals surface area contributed by atoms with Gasteiger partial charge < -0.3 is 10.1 Å². The summed E-state index contributed by atoms with van der Waals surface area (Å²) < 4.78 is 5.21. The monoisotopic (exact) mass is 322 g/mol. The minimum Gasteiger partial charge on any atom is -0.466 e. The van der Waals surface area contributed by atoms with Gasteiger partial charge in [-0.25, -0.2) is 4.79 Å². The number of hydrogen-bond acceptors (Lipinski definition) is 4. The Morgan fingerprint density at radius 1 is 1.42 bits per heavy atom. The predicted molar refractivity (Wildman–Crippen MR) is 92.6 cm³/mol. The van der Waals surface area contributed by atoms with E-state index in [1.807, 2.05) is 0 Å². The summed E-state index contributed by atoms with van der Waals surface area (Å²) in [7, 11) is 1.50. The molecule has 3 atom stereocenters. The number of anilines is 1. The van der Waals surface area contributed by atoms with Gasteiger partial charge in [-0.15, -0.1) is 0 Å². The Bertz CT molecular complexity index is 810. The van der Waals surface area contributed by atoms with E-state index in [4.69, 9.17) is 4.74 Å². The smallest absolute Gasteiger partial charge is 0.336 e. The van der Waals surface area contributed by atoms with Crippen molar-refractivity contribution in [1.29, 1.82) is 0 Å². The SMILES string of the molecule is C/C=C1/CN2CC[C@@]34C(=C(C(=O)OC)[C@@H]1C[C@@H]23)Nc1ccccc14. The lowest BCUT2D eigenvalue weighted by molar-refractivity contribution is -0.137. The molecule has 1 aliphatic carbocycles. The Labute approximate surface area is 142 Å². The molecule has 3 heterocycles.